The van der Waals surface area contributed by atoms with E-state index in [2.05, 4.69) is 27.0 Å². The Bertz CT molecular complexity index is 1330. The number of hydrogen-bond acceptors (Lipinski definition) is 4. The number of H-pyrrole nitrogens is 1. The maximum absolute atomic E-state index is 16.1. The Morgan fingerprint density at radius 2 is 2.03 bits per heavy atom. The number of aryl methyl sites for hydroxylation is 1. The predicted molar refractivity (Wildman–Crippen MR) is 130 cm³/mol. The lowest BCUT2D eigenvalue weighted by Crippen LogP contribution is -2.47. The predicted octanol–water partition coefficient (Wildman–Crippen LogP) is 4.94. The molecule has 0 bridgehead atoms. The van der Waals surface area contributed by atoms with Crippen LogP contribution in [0.25, 0.3) is 27.7 Å². The summed E-state index contributed by atoms with van der Waals surface area (Å²) >= 11 is 6.75. The molecule has 0 radical (unpaired) electrons. The van der Waals surface area contributed by atoms with Gasteiger partial charge in [-0.3, -0.25) is 9.89 Å². The van der Waals surface area contributed by atoms with Gasteiger partial charge in [-0.15, -0.1) is 0 Å². The number of fused-ring (bicyclic) bond motifs is 2. The van der Waals surface area contributed by atoms with Crippen molar-refractivity contribution in [3.05, 3.63) is 77.4 Å². The molecule has 1 fully saturated rings. The SMILES string of the molecule is C=CC(=O)N1CCN(C2=CC=CNc3c2cc(Cl)c(-c2c(C)ccc4[nH]ncc24)c3F)CC1. The lowest BCUT2D eigenvalue weighted by atomic mass is 9.93. The first-order valence-electron chi connectivity index (χ1n) is 10.7. The van der Waals surface area contributed by atoms with E-state index in [0.29, 0.717) is 48.0 Å². The fourth-order valence-electron chi connectivity index (χ4n) is 4.58. The summed E-state index contributed by atoms with van der Waals surface area (Å²) in [5.41, 5.74) is 4.73. The fourth-order valence-corrected chi connectivity index (χ4v) is 4.87. The topological polar surface area (TPSA) is 64.3 Å². The summed E-state index contributed by atoms with van der Waals surface area (Å²) in [5, 5.41) is 11.3. The van der Waals surface area contributed by atoms with Gasteiger partial charge in [-0.05, 0) is 42.8 Å². The molecular weight excluding hydrogens is 441 g/mol. The molecule has 8 heteroatoms. The van der Waals surface area contributed by atoms with Crippen LogP contribution < -0.4 is 5.32 Å². The van der Waals surface area contributed by atoms with E-state index in [1.54, 1.807) is 17.3 Å². The summed E-state index contributed by atoms with van der Waals surface area (Å²) in [5.74, 6) is -0.485. The van der Waals surface area contributed by atoms with Crippen molar-refractivity contribution in [2.75, 3.05) is 31.5 Å². The lowest BCUT2D eigenvalue weighted by Gasteiger charge is -2.37. The summed E-state index contributed by atoms with van der Waals surface area (Å²) in [4.78, 5) is 15.9. The number of hydrogen-bond donors (Lipinski definition) is 2. The number of aromatic amines is 1. The van der Waals surface area contributed by atoms with Crippen LogP contribution in [0.5, 0.6) is 0 Å². The molecule has 3 aromatic rings. The Morgan fingerprint density at radius 1 is 1.24 bits per heavy atom. The molecule has 2 aromatic carbocycles. The highest BCUT2D eigenvalue weighted by molar-refractivity contribution is 6.34. The number of carbonyl (C=O) groups excluding carboxylic acids is 1. The minimum atomic E-state index is -0.410. The van der Waals surface area contributed by atoms with E-state index in [9.17, 15) is 4.79 Å². The molecule has 6 nitrogen and oxygen atoms in total. The van der Waals surface area contributed by atoms with E-state index in [1.807, 2.05) is 37.3 Å². The highest BCUT2D eigenvalue weighted by Crippen LogP contribution is 2.44. The molecule has 168 valence electrons. The maximum atomic E-state index is 16.1. The van der Waals surface area contributed by atoms with Gasteiger partial charge in [0.05, 0.1) is 22.4 Å². The number of carbonyl (C=O) groups is 1. The van der Waals surface area contributed by atoms with E-state index >= 15 is 4.39 Å². The zero-order valence-electron chi connectivity index (χ0n) is 18.2. The summed E-state index contributed by atoms with van der Waals surface area (Å²) in [7, 11) is 0. The van der Waals surface area contributed by atoms with Crippen LogP contribution in [-0.4, -0.2) is 52.1 Å². The van der Waals surface area contributed by atoms with Crippen LogP contribution >= 0.6 is 11.6 Å². The van der Waals surface area contributed by atoms with E-state index in [-0.39, 0.29) is 5.91 Å². The smallest absolute Gasteiger partial charge is 0.246 e. The Kier molecular flexibility index (Phi) is 5.42. The number of nitrogens with one attached hydrogen (secondary N) is 2. The molecule has 3 heterocycles. The number of halogens is 2. The molecule has 1 saturated heterocycles. The maximum Gasteiger partial charge on any atom is 0.246 e. The van der Waals surface area contributed by atoms with Gasteiger partial charge in [0, 0.05) is 60.2 Å². The largest absolute Gasteiger partial charge is 0.367 e. The van der Waals surface area contributed by atoms with Crippen LogP contribution in [0, 0.1) is 12.7 Å². The quantitative estimate of drug-likeness (QED) is 0.540. The Hall–Kier alpha value is -3.58. The molecule has 0 atom stereocenters. The molecule has 2 N–H and O–H groups in total. The molecule has 0 aliphatic carbocycles. The van der Waals surface area contributed by atoms with Crippen LogP contribution in [0.15, 0.2) is 55.4 Å². The molecule has 0 saturated carbocycles. The van der Waals surface area contributed by atoms with Gasteiger partial charge in [-0.25, -0.2) is 4.39 Å². The number of rotatable bonds is 3. The summed E-state index contributed by atoms with van der Waals surface area (Å²) in [6.07, 6.45) is 8.55. The first kappa shape index (κ1) is 21.3. The number of nitrogens with zero attached hydrogens (tertiary/aromatic N) is 3. The van der Waals surface area contributed by atoms with Gasteiger partial charge in [-0.2, -0.15) is 5.10 Å². The molecule has 2 aliphatic rings. The second kappa shape index (κ2) is 8.41. The number of aromatic nitrogens is 2. The van der Waals surface area contributed by atoms with Gasteiger partial charge in [0.25, 0.3) is 0 Å². The van der Waals surface area contributed by atoms with Crippen LogP contribution in [0.3, 0.4) is 0 Å². The second-order valence-corrected chi connectivity index (χ2v) is 8.54. The van der Waals surface area contributed by atoms with Crippen molar-refractivity contribution in [2.24, 2.45) is 0 Å². The van der Waals surface area contributed by atoms with Crippen molar-refractivity contribution in [1.29, 1.82) is 0 Å². The number of anilines is 1. The molecular formula is C25H23ClFN5O. The lowest BCUT2D eigenvalue weighted by molar-refractivity contribution is -0.127. The standard InChI is InChI=1S/C25H23ClFN5O/c1-3-21(33)32-11-9-31(10-12-32)20-5-4-8-28-25-16(20)13-18(26)23(24(25)27)22-15(2)6-7-19-17(22)14-29-30-19/h3-8,13-14,28H,1,9-12H2,2H3,(H,29,30). The average molecular weight is 464 g/mol. The van der Waals surface area contributed by atoms with Gasteiger partial charge in [0.15, 0.2) is 5.82 Å². The van der Waals surface area contributed by atoms with Gasteiger partial charge in [-0.1, -0.05) is 24.2 Å². The molecule has 0 spiro atoms. The van der Waals surface area contributed by atoms with E-state index < -0.39 is 5.82 Å². The monoisotopic (exact) mass is 463 g/mol. The molecule has 2 aliphatic heterocycles. The van der Waals surface area contributed by atoms with Gasteiger partial charge >= 0.3 is 0 Å². The van der Waals surface area contributed by atoms with Crippen molar-refractivity contribution in [3.63, 3.8) is 0 Å². The van der Waals surface area contributed by atoms with Crippen molar-refractivity contribution in [3.8, 4) is 11.1 Å². The zero-order valence-corrected chi connectivity index (χ0v) is 18.9. The number of piperazine rings is 1. The second-order valence-electron chi connectivity index (χ2n) is 8.13. The minimum Gasteiger partial charge on any atom is -0.367 e. The molecule has 0 unspecified atom stereocenters. The van der Waals surface area contributed by atoms with Crippen LogP contribution in [-0.2, 0) is 4.79 Å². The van der Waals surface area contributed by atoms with Gasteiger partial charge < -0.3 is 15.1 Å². The summed E-state index contributed by atoms with van der Waals surface area (Å²) < 4.78 is 16.1. The minimum absolute atomic E-state index is 0.0750. The van der Waals surface area contributed by atoms with Crippen molar-refractivity contribution >= 4 is 39.8 Å². The number of amides is 1. The third-order valence-electron chi connectivity index (χ3n) is 6.26. The van der Waals surface area contributed by atoms with Crippen LogP contribution in [0.1, 0.15) is 11.1 Å². The van der Waals surface area contributed by atoms with Gasteiger partial charge in [0.1, 0.15) is 0 Å². The normalized spacial score (nSPS) is 15.7. The third kappa shape index (κ3) is 3.58. The number of benzene rings is 2. The van der Waals surface area contributed by atoms with E-state index in [1.165, 1.54) is 6.08 Å². The summed E-state index contributed by atoms with van der Waals surface area (Å²) in [6.45, 7) is 7.91. The zero-order chi connectivity index (χ0) is 23.1. The fraction of sp³-hybridized carbons (Fsp3) is 0.200. The molecule has 5 rings (SSSR count). The first-order valence-corrected chi connectivity index (χ1v) is 11.1. The molecule has 1 aromatic heterocycles. The van der Waals surface area contributed by atoms with Crippen molar-refractivity contribution in [2.45, 2.75) is 6.92 Å². The molecule has 33 heavy (non-hydrogen) atoms. The average Bonchev–Trinajstić information content (AvgIpc) is 3.20. The van der Waals surface area contributed by atoms with Crippen molar-refractivity contribution < 1.29 is 9.18 Å². The summed E-state index contributed by atoms with van der Waals surface area (Å²) in [6, 6.07) is 5.68. The first-order chi connectivity index (χ1) is 16.0. The Morgan fingerprint density at radius 3 is 2.79 bits per heavy atom. The Labute approximate surface area is 196 Å². The third-order valence-corrected chi connectivity index (χ3v) is 6.56. The van der Waals surface area contributed by atoms with Crippen molar-refractivity contribution in [1.82, 2.24) is 20.0 Å². The van der Waals surface area contributed by atoms with Crippen LogP contribution in [0.4, 0.5) is 10.1 Å². The van der Waals surface area contributed by atoms with E-state index in [0.717, 1.165) is 27.7 Å². The Balaban J connectivity index is 1.59. The van der Waals surface area contributed by atoms with Gasteiger partial charge in [0.2, 0.25) is 5.91 Å². The number of allylic oxidation sites excluding steroid dienone is 2. The van der Waals surface area contributed by atoms with E-state index in [4.69, 9.17) is 11.6 Å². The highest BCUT2D eigenvalue weighted by atomic mass is 35.5. The highest BCUT2D eigenvalue weighted by Gasteiger charge is 2.28. The molecule has 1 amide bonds. The van der Waals surface area contributed by atoms with Crippen LogP contribution in [0.2, 0.25) is 5.02 Å².